The van der Waals surface area contributed by atoms with Crippen LogP contribution in [-0.2, 0) is 16.2 Å². The fourth-order valence-electron chi connectivity index (χ4n) is 3.45. The summed E-state index contributed by atoms with van der Waals surface area (Å²) in [6.07, 6.45) is 0.142. The summed E-state index contributed by atoms with van der Waals surface area (Å²) < 4.78 is 5.80. The zero-order valence-corrected chi connectivity index (χ0v) is 19.6. The monoisotopic (exact) mass is 503 g/mol. The number of hydrogen-bond donors (Lipinski definition) is 2. The van der Waals surface area contributed by atoms with Crippen molar-refractivity contribution in [2.24, 2.45) is 5.92 Å². The number of halogens is 3. The van der Waals surface area contributed by atoms with Gasteiger partial charge in [0.15, 0.2) is 0 Å². The molecule has 0 aromatic heterocycles. The molecule has 1 saturated heterocycles. The number of nitrogens with zero attached hydrogens (tertiary/aromatic N) is 1. The normalized spacial score (nSPS) is 15.4. The average Bonchev–Trinajstić information content (AvgIpc) is 3.21. The summed E-state index contributed by atoms with van der Waals surface area (Å²) in [5.74, 6) is -0.211. The van der Waals surface area contributed by atoms with Crippen molar-refractivity contribution < 1.29 is 14.3 Å². The molecule has 3 aromatic carbocycles. The lowest BCUT2D eigenvalue weighted by Crippen LogP contribution is -2.36. The van der Waals surface area contributed by atoms with Crippen LogP contribution in [0.4, 0.5) is 11.4 Å². The van der Waals surface area contributed by atoms with Gasteiger partial charge in [-0.25, -0.2) is 0 Å². The Morgan fingerprint density at radius 1 is 1.00 bits per heavy atom. The Labute approximate surface area is 206 Å². The molecule has 33 heavy (non-hydrogen) atoms. The minimum atomic E-state index is -0.463. The lowest BCUT2D eigenvalue weighted by atomic mass is 10.1. The highest BCUT2D eigenvalue weighted by molar-refractivity contribution is 6.42. The van der Waals surface area contributed by atoms with Crippen molar-refractivity contribution in [2.45, 2.75) is 13.0 Å². The summed E-state index contributed by atoms with van der Waals surface area (Å²) in [5.41, 5.74) is 7.82. The van der Waals surface area contributed by atoms with Crippen molar-refractivity contribution in [3.63, 3.8) is 0 Å². The number of ether oxygens (including phenoxy) is 1. The molecule has 0 spiro atoms. The lowest BCUT2D eigenvalue weighted by molar-refractivity contribution is -0.125. The third-order valence-corrected chi connectivity index (χ3v) is 6.18. The van der Waals surface area contributed by atoms with Gasteiger partial charge >= 0.3 is 0 Å². The SMILES string of the molecule is O=C(NNc1cccc(OCc2ccc(Cl)c(Cl)c2)c1)[C@@H]1CC(=O)N(c2ccc(Cl)cc2)C1. The van der Waals surface area contributed by atoms with E-state index >= 15 is 0 Å². The molecule has 0 radical (unpaired) electrons. The van der Waals surface area contributed by atoms with Gasteiger partial charge in [-0.2, -0.15) is 0 Å². The number of benzene rings is 3. The van der Waals surface area contributed by atoms with Gasteiger partial charge in [-0.15, -0.1) is 0 Å². The van der Waals surface area contributed by atoms with E-state index in [1.54, 1.807) is 59.5 Å². The molecule has 1 heterocycles. The van der Waals surface area contributed by atoms with Crippen LogP contribution in [-0.4, -0.2) is 18.4 Å². The van der Waals surface area contributed by atoms with Crippen molar-refractivity contribution in [3.05, 3.63) is 87.4 Å². The molecule has 0 unspecified atom stereocenters. The van der Waals surface area contributed by atoms with Gasteiger partial charge in [-0.3, -0.25) is 20.4 Å². The van der Waals surface area contributed by atoms with Gasteiger partial charge < -0.3 is 9.64 Å². The highest BCUT2D eigenvalue weighted by Crippen LogP contribution is 2.27. The van der Waals surface area contributed by atoms with E-state index in [2.05, 4.69) is 10.9 Å². The minimum absolute atomic E-state index is 0.102. The first-order chi connectivity index (χ1) is 15.9. The van der Waals surface area contributed by atoms with Crippen LogP contribution in [0.5, 0.6) is 5.75 Å². The second kappa shape index (κ2) is 10.3. The van der Waals surface area contributed by atoms with Gasteiger partial charge in [-0.1, -0.05) is 46.9 Å². The third kappa shape index (κ3) is 5.90. The zero-order valence-electron chi connectivity index (χ0n) is 17.4. The van der Waals surface area contributed by atoms with E-state index in [1.165, 1.54) is 0 Å². The Kier molecular flexibility index (Phi) is 7.28. The van der Waals surface area contributed by atoms with E-state index in [-0.39, 0.29) is 18.2 Å². The molecular weight excluding hydrogens is 485 g/mol. The number of carbonyl (C=O) groups excluding carboxylic acids is 2. The Balaban J connectivity index is 1.30. The fourth-order valence-corrected chi connectivity index (χ4v) is 3.90. The molecule has 3 aromatic rings. The largest absolute Gasteiger partial charge is 0.489 e. The van der Waals surface area contributed by atoms with Crippen LogP contribution in [0.25, 0.3) is 0 Å². The van der Waals surface area contributed by atoms with Gasteiger partial charge in [-0.05, 0) is 54.1 Å². The van der Waals surface area contributed by atoms with E-state index in [0.29, 0.717) is 39.7 Å². The standard InChI is InChI=1S/C24H20Cl3N3O3/c25-17-5-7-19(8-6-17)30-13-16(11-23(30)31)24(32)29-28-18-2-1-3-20(12-18)33-14-15-4-9-21(26)22(27)10-15/h1-10,12,16,28H,11,13-14H2,(H,29,32)/t16-/m1/s1. The maximum atomic E-state index is 12.6. The second-order valence-corrected chi connectivity index (χ2v) is 8.81. The maximum Gasteiger partial charge on any atom is 0.243 e. The van der Waals surface area contributed by atoms with Crippen LogP contribution < -0.4 is 20.5 Å². The molecule has 2 amide bonds. The van der Waals surface area contributed by atoms with E-state index in [0.717, 1.165) is 11.3 Å². The van der Waals surface area contributed by atoms with Gasteiger partial charge in [0.25, 0.3) is 0 Å². The summed E-state index contributed by atoms with van der Waals surface area (Å²) in [7, 11) is 0. The summed E-state index contributed by atoms with van der Waals surface area (Å²) >= 11 is 17.9. The van der Waals surface area contributed by atoms with Gasteiger partial charge in [0, 0.05) is 29.7 Å². The van der Waals surface area contributed by atoms with Crippen molar-refractivity contribution in [1.82, 2.24) is 5.43 Å². The van der Waals surface area contributed by atoms with Gasteiger partial charge in [0.1, 0.15) is 12.4 Å². The smallest absolute Gasteiger partial charge is 0.243 e. The first kappa shape index (κ1) is 23.2. The summed E-state index contributed by atoms with van der Waals surface area (Å²) in [5, 5.41) is 1.55. The van der Waals surface area contributed by atoms with E-state index < -0.39 is 5.92 Å². The number of nitrogens with one attached hydrogen (secondary N) is 2. The van der Waals surface area contributed by atoms with Gasteiger partial charge in [0.2, 0.25) is 11.8 Å². The molecule has 1 fully saturated rings. The maximum absolute atomic E-state index is 12.6. The number of carbonyl (C=O) groups is 2. The Morgan fingerprint density at radius 3 is 2.55 bits per heavy atom. The minimum Gasteiger partial charge on any atom is -0.489 e. The molecule has 0 bridgehead atoms. The van der Waals surface area contributed by atoms with E-state index in [9.17, 15) is 9.59 Å². The molecule has 2 N–H and O–H groups in total. The third-order valence-electron chi connectivity index (χ3n) is 5.19. The first-order valence-electron chi connectivity index (χ1n) is 10.2. The first-order valence-corrected chi connectivity index (χ1v) is 11.3. The van der Waals surface area contributed by atoms with Crippen LogP contribution in [0, 0.1) is 5.92 Å². The van der Waals surface area contributed by atoms with Crippen molar-refractivity contribution in [1.29, 1.82) is 0 Å². The molecule has 1 aliphatic rings. The quantitative estimate of drug-likeness (QED) is 0.404. The average molecular weight is 505 g/mol. The predicted molar refractivity (Wildman–Crippen MR) is 131 cm³/mol. The predicted octanol–water partition coefficient (Wildman–Crippen LogP) is 5.72. The summed E-state index contributed by atoms with van der Waals surface area (Å²) in [4.78, 5) is 26.6. The summed E-state index contributed by atoms with van der Waals surface area (Å²) in [6.45, 7) is 0.623. The van der Waals surface area contributed by atoms with Crippen LogP contribution in [0.1, 0.15) is 12.0 Å². The molecular formula is C24H20Cl3N3O3. The van der Waals surface area contributed by atoms with Crippen LogP contribution >= 0.6 is 34.8 Å². The van der Waals surface area contributed by atoms with Crippen molar-refractivity contribution in [2.75, 3.05) is 16.9 Å². The van der Waals surface area contributed by atoms with Crippen molar-refractivity contribution >= 4 is 58.0 Å². The number of anilines is 2. The van der Waals surface area contributed by atoms with E-state index in [4.69, 9.17) is 39.5 Å². The molecule has 1 atom stereocenters. The molecule has 0 saturated carbocycles. The second-order valence-electron chi connectivity index (χ2n) is 7.56. The molecule has 6 nitrogen and oxygen atoms in total. The summed E-state index contributed by atoms with van der Waals surface area (Å²) in [6, 6.07) is 19.5. The Hall–Kier alpha value is -2.93. The van der Waals surface area contributed by atoms with Crippen LogP contribution in [0.3, 0.4) is 0 Å². The molecule has 170 valence electrons. The van der Waals surface area contributed by atoms with Gasteiger partial charge in [0.05, 0.1) is 21.7 Å². The highest BCUT2D eigenvalue weighted by atomic mass is 35.5. The Bertz CT molecular complexity index is 1170. The number of hydrogen-bond acceptors (Lipinski definition) is 4. The molecule has 1 aliphatic heterocycles. The van der Waals surface area contributed by atoms with Crippen LogP contribution in [0.15, 0.2) is 66.7 Å². The number of rotatable bonds is 7. The topological polar surface area (TPSA) is 70.7 Å². The molecule has 0 aliphatic carbocycles. The zero-order chi connectivity index (χ0) is 23.4. The van der Waals surface area contributed by atoms with E-state index in [1.807, 2.05) is 12.1 Å². The highest BCUT2D eigenvalue weighted by Gasteiger charge is 2.35. The lowest BCUT2D eigenvalue weighted by Gasteiger charge is -2.17. The Morgan fingerprint density at radius 2 is 1.79 bits per heavy atom. The molecule has 4 rings (SSSR count). The van der Waals surface area contributed by atoms with Crippen LogP contribution in [0.2, 0.25) is 15.1 Å². The fraction of sp³-hybridized carbons (Fsp3) is 0.167. The molecule has 9 heteroatoms. The van der Waals surface area contributed by atoms with Crippen molar-refractivity contribution in [3.8, 4) is 5.75 Å². The number of hydrazine groups is 1. The number of amides is 2.